The molecule has 2 N–H and O–H groups in total. The molecule has 108 valence electrons. The first-order chi connectivity index (χ1) is 9.78. The van der Waals surface area contributed by atoms with Gasteiger partial charge in [-0.05, 0) is 62.5 Å². The van der Waals surface area contributed by atoms with Gasteiger partial charge >= 0.3 is 0 Å². The van der Waals surface area contributed by atoms with Gasteiger partial charge in [-0.15, -0.1) is 0 Å². The molecule has 1 aliphatic rings. The molecule has 0 amide bonds. The monoisotopic (exact) mass is 272 g/mol. The molecule has 0 atom stereocenters. The maximum Gasteiger partial charge on any atom is 0.137 e. The van der Waals surface area contributed by atoms with E-state index >= 15 is 0 Å². The van der Waals surface area contributed by atoms with Gasteiger partial charge in [0.2, 0.25) is 0 Å². The Balaban J connectivity index is 1.68. The van der Waals surface area contributed by atoms with Crippen LogP contribution < -0.4 is 5.73 Å². The van der Waals surface area contributed by atoms with Crippen molar-refractivity contribution in [3.8, 4) is 0 Å². The lowest BCUT2D eigenvalue weighted by Crippen LogP contribution is -2.34. The first-order valence-corrected chi connectivity index (χ1v) is 7.67. The van der Waals surface area contributed by atoms with E-state index in [4.69, 9.17) is 10.7 Å². The standard InChI is InChI=1S/C16H24N4/c1-2-19-6-3-13(4-7-19)9-15-12-20-8-5-14(11-17)10-16(20)18-15/h5,8,10,12-13H,2-4,6-7,9,11,17H2,1H3. The third kappa shape index (κ3) is 2.86. The predicted octanol–water partition coefficient (Wildman–Crippen LogP) is 2.07. The number of aromatic nitrogens is 2. The summed E-state index contributed by atoms with van der Waals surface area (Å²) in [6.07, 6.45) is 7.94. The fourth-order valence-electron chi connectivity index (χ4n) is 3.10. The van der Waals surface area contributed by atoms with Crippen LogP contribution in [0.1, 0.15) is 31.0 Å². The minimum absolute atomic E-state index is 0.578. The zero-order valence-electron chi connectivity index (χ0n) is 12.3. The second-order valence-electron chi connectivity index (χ2n) is 5.82. The fraction of sp³-hybridized carbons (Fsp3) is 0.562. The van der Waals surface area contributed by atoms with Crippen LogP contribution in [0.2, 0.25) is 0 Å². The summed E-state index contributed by atoms with van der Waals surface area (Å²) < 4.78 is 2.11. The number of hydrogen-bond acceptors (Lipinski definition) is 3. The molecule has 1 saturated heterocycles. The van der Waals surface area contributed by atoms with Crippen molar-refractivity contribution in [1.29, 1.82) is 0 Å². The largest absolute Gasteiger partial charge is 0.326 e. The maximum absolute atomic E-state index is 5.68. The third-order valence-corrected chi connectivity index (χ3v) is 4.46. The topological polar surface area (TPSA) is 46.6 Å². The Kier molecular flexibility index (Phi) is 4.03. The van der Waals surface area contributed by atoms with Gasteiger partial charge in [-0.2, -0.15) is 0 Å². The molecule has 0 spiro atoms. The summed E-state index contributed by atoms with van der Waals surface area (Å²) in [4.78, 5) is 7.28. The van der Waals surface area contributed by atoms with Crippen LogP contribution in [-0.2, 0) is 13.0 Å². The minimum Gasteiger partial charge on any atom is -0.326 e. The smallest absolute Gasteiger partial charge is 0.137 e. The molecule has 4 nitrogen and oxygen atoms in total. The second kappa shape index (κ2) is 5.94. The number of imidazole rings is 1. The van der Waals surface area contributed by atoms with E-state index in [1.54, 1.807) is 0 Å². The zero-order valence-corrected chi connectivity index (χ0v) is 12.3. The van der Waals surface area contributed by atoms with Crippen LogP contribution in [-0.4, -0.2) is 33.9 Å². The molecule has 4 heteroatoms. The minimum atomic E-state index is 0.578. The normalized spacial score (nSPS) is 17.9. The fourth-order valence-corrected chi connectivity index (χ4v) is 3.10. The van der Waals surface area contributed by atoms with E-state index in [0.29, 0.717) is 6.54 Å². The molecule has 2 aromatic rings. The van der Waals surface area contributed by atoms with Gasteiger partial charge in [-0.3, -0.25) is 0 Å². The van der Waals surface area contributed by atoms with Gasteiger partial charge in [0.1, 0.15) is 5.65 Å². The average molecular weight is 272 g/mol. The molecule has 0 aromatic carbocycles. The van der Waals surface area contributed by atoms with Crippen molar-refractivity contribution in [2.75, 3.05) is 19.6 Å². The van der Waals surface area contributed by atoms with E-state index in [1.165, 1.54) is 38.2 Å². The first-order valence-electron chi connectivity index (χ1n) is 7.67. The van der Waals surface area contributed by atoms with Gasteiger partial charge in [0.15, 0.2) is 0 Å². The van der Waals surface area contributed by atoms with E-state index < -0.39 is 0 Å². The molecule has 0 radical (unpaired) electrons. The van der Waals surface area contributed by atoms with E-state index in [2.05, 4.69) is 40.8 Å². The Hall–Kier alpha value is -1.39. The summed E-state index contributed by atoms with van der Waals surface area (Å²) >= 11 is 0. The van der Waals surface area contributed by atoms with Crippen molar-refractivity contribution >= 4 is 5.65 Å². The molecule has 20 heavy (non-hydrogen) atoms. The third-order valence-electron chi connectivity index (χ3n) is 4.46. The average Bonchev–Trinajstić information content (AvgIpc) is 2.89. The van der Waals surface area contributed by atoms with Gasteiger partial charge in [0.25, 0.3) is 0 Å². The summed E-state index contributed by atoms with van der Waals surface area (Å²) in [7, 11) is 0. The molecule has 0 saturated carbocycles. The van der Waals surface area contributed by atoms with Crippen molar-refractivity contribution in [2.24, 2.45) is 11.7 Å². The van der Waals surface area contributed by atoms with Crippen molar-refractivity contribution in [3.63, 3.8) is 0 Å². The van der Waals surface area contributed by atoms with Crippen LogP contribution in [0.15, 0.2) is 24.5 Å². The highest BCUT2D eigenvalue weighted by atomic mass is 15.1. The lowest BCUT2D eigenvalue weighted by Gasteiger charge is -2.30. The first kappa shape index (κ1) is 13.6. The lowest BCUT2D eigenvalue weighted by molar-refractivity contribution is 0.191. The highest BCUT2D eigenvalue weighted by Gasteiger charge is 2.19. The number of nitrogens with two attached hydrogens (primary N) is 1. The van der Waals surface area contributed by atoms with E-state index in [9.17, 15) is 0 Å². The van der Waals surface area contributed by atoms with Gasteiger partial charge in [-0.25, -0.2) is 4.98 Å². The summed E-state index contributed by atoms with van der Waals surface area (Å²) in [6, 6.07) is 4.15. The molecular weight excluding hydrogens is 248 g/mol. The molecule has 1 aliphatic heterocycles. The lowest BCUT2D eigenvalue weighted by atomic mass is 9.92. The Morgan fingerprint density at radius 2 is 2.15 bits per heavy atom. The summed E-state index contributed by atoms with van der Waals surface area (Å²) in [5, 5.41) is 0. The summed E-state index contributed by atoms with van der Waals surface area (Å²) in [6.45, 7) is 6.49. The summed E-state index contributed by atoms with van der Waals surface area (Å²) in [5.41, 5.74) is 9.06. The highest BCUT2D eigenvalue weighted by Crippen LogP contribution is 2.21. The molecule has 2 aromatic heterocycles. The van der Waals surface area contributed by atoms with E-state index in [0.717, 1.165) is 23.5 Å². The predicted molar refractivity (Wildman–Crippen MR) is 81.6 cm³/mol. The number of rotatable bonds is 4. The van der Waals surface area contributed by atoms with Gasteiger partial charge in [0, 0.05) is 18.9 Å². The second-order valence-corrected chi connectivity index (χ2v) is 5.82. The Labute approximate surface area is 120 Å². The van der Waals surface area contributed by atoms with Gasteiger partial charge in [-0.1, -0.05) is 6.92 Å². The van der Waals surface area contributed by atoms with Crippen molar-refractivity contribution in [3.05, 3.63) is 35.8 Å². The molecule has 1 fully saturated rings. The van der Waals surface area contributed by atoms with E-state index in [1.807, 2.05) is 0 Å². The number of piperidine rings is 1. The highest BCUT2D eigenvalue weighted by molar-refractivity contribution is 5.43. The molecule has 0 unspecified atom stereocenters. The Morgan fingerprint density at radius 1 is 1.35 bits per heavy atom. The van der Waals surface area contributed by atoms with Crippen LogP contribution in [0.5, 0.6) is 0 Å². The molecule has 3 heterocycles. The zero-order chi connectivity index (χ0) is 13.9. The number of pyridine rings is 1. The van der Waals surface area contributed by atoms with Crippen molar-refractivity contribution < 1.29 is 0 Å². The quantitative estimate of drug-likeness (QED) is 0.927. The number of hydrogen-bond donors (Lipinski definition) is 1. The number of fused-ring (bicyclic) bond motifs is 1. The number of nitrogens with zero attached hydrogens (tertiary/aromatic N) is 3. The van der Waals surface area contributed by atoms with E-state index in [-0.39, 0.29) is 0 Å². The van der Waals surface area contributed by atoms with Crippen LogP contribution >= 0.6 is 0 Å². The maximum atomic E-state index is 5.68. The Morgan fingerprint density at radius 3 is 2.85 bits per heavy atom. The van der Waals surface area contributed by atoms with Crippen LogP contribution in [0.4, 0.5) is 0 Å². The van der Waals surface area contributed by atoms with Crippen molar-refractivity contribution in [2.45, 2.75) is 32.7 Å². The molecular formula is C16H24N4. The van der Waals surface area contributed by atoms with Gasteiger partial charge < -0.3 is 15.0 Å². The Bertz CT molecular complexity index is 567. The molecule has 3 rings (SSSR count). The molecule has 0 aliphatic carbocycles. The van der Waals surface area contributed by atoms with Crippen LogP contribution in [0.25, 0.3) is 5.65 Å². The van der Waals surface area contributed by atoms with Gasteiger partial charge in [0.05, 0.1) is 5.69 Å². The molecule has 0 bridgehead atoms. The van der Waals surface area contributed by atoms with Crippen molar-refractivity contribution in [1.82, 2.24) is 14.3 Å². The van der Waals surface area contributed by atoms with Crippen LogP contribution in [0.3, 0.4) is 0 Å². The van der Waals surface area contributed by atoms with Crippen LogP contribution in [0, 0.1) is 5.92 Å². The number of likely N-dealkylation sites (tertiary alicyclic amines) is 1. The SMILES string of the molecule is CCN1CCC(Cc2cn3ccc(CN)cc3n2)CC1. The summed E-state index contributed by atoms with van der Waals surface area (Å²) in [5.74, 6) is 0.789.